The van der Waals surface area contributed by atoms with Gasteiger partial charge in [-0.05, 0) is 19.3 Å². The number of carbonyl (C=O) groups excluding carboxylic acids is 1. The number of rotatable bonds is 6. The van der Waals surface area contributed by atoms with Crippen molar-refractivity contribution in [1.82, 2.24) is 5.32 Å². The van der Waals surface area contributed by atoms with Crippen LogP contribution >= 0.6 is 0 Å². The van der Waals surface area contributed by atoms with E-state index >= 15 is 0 Å². The maximum Gasteiger partial charge on any atom is 0.353 e. The summed E-state index contributed by atoms with van der Waals surface area (Å²) in [4.78, 5) is 27.2. The van der Waals surface area contributed by atoms with Gasteiger partial charge in [-0.2, -0.15) is 0 Å². The molecule has 1 aliphatic heterocycles. The van der Waals surface area contributed by atoms with Crippen molar-refractivity contribution in [2.45, 2.75) is 52.2 Å². The molecule has 0 aromatic heterocycles. The van der Waals surface area contributed by atoms with Gasteiger partial charge in [-0.25, -0.2) is 4.79 Å². The highest BCUT2D eigenvalue weighted by atomic mass is 16.6. The van der Waals surface area contributed by atoms with Crippen molar-refractivity contribution in [1.29, 1.82) is 0 Å². The number of hydrogen-bond acceptors (Lipinski definition) is 4. The molecule has 3 atom stereocenters. The van der Waals surface area contributed by atoms with E-state index < -0.39 is 12.1 Å². The normalized spacial score (nSPS) is 21.7. The Kier molecular flexibility index (Phi) is 5.12. The Morgan fingerprint density at radius 2 is 2.22 bits per heavy atom. The summed E-state index contributed by atoms with van der Waals surface area (Å²) >= 11 is 0. The lowest BCUT2D eigenvalue weighted by Gasteiger charge is -2.18. The lowest BCUT2D eigenvalue weighted by Crippen LogP contribution is -2.41. The van der Waals surface area contributed by atoms with Crippen molar-refractivity contribution < 1.29 is 19.5 Å². The van der Waals surface area contributed by atoms with E-state index in [-0.39, 0.29) is 24.1 Å². The number of amides is 1. The van der Waals surface area contributed by atoms with E-state index in [1.807, 2.05) is 6.92 Å². The fourth-order valence-corrected chi connectivity index (χ4v) is 1.81. The van der Waals surface area contributed by atoms with Crippen LogP contribution in [0, 0.1) is 5.92 Å². The highest BCUT2D eigenvalue weighted by molar-refractivity contribution is 6.36. The Bertz CT molecular complexity index is 354. The average Bonchev–Trinajstić information content (AvgIpc) is 2.77. The molecule has 0 saturated carbocycles. The van der Waals surface area contributed by atoms with Crippen LogP contribution < -0.4 is 5.32 Å². The summed E-state index contributed by atoms with van der Waals surface area (Å²) in [6.45, 7) is 6.16. The molecule has 1 heterocycles. The van der Waals surface area contributed by atoms with Crippen LogP contribution in [-0.4, -0.2) is 34.8 Å². The quantitative estimate of drug-likeness (QED) is 0.746. The van der Waals surface area contributed by atoms with Crippen LogP contribution in [0.2, 0.25) is 0 Å². The van der Waals surface area contributed by atoms with Gasteiger partial charge >= 0.3 is 5.97 Å². The van der Waals surface area contributed by atoms with Crippen molar-refractivity contribution >= 4 is 17.6 Å². The number of hydrogen-bond donors (Lipinski definition) is 2. The third-order valence-corrected chi connectivity index (χ3v) is 3.05. The largest absolute Gasteiger partial charge is 0.477 e. The Balaban J connectivity index is 2.37. The first-order chi connectivity index (χ1) is 8.43. The van der Waals surface area contributed by atoms with Crippen LogP contribution in [0.5, 0.6) is 0 Å². The number of carboxylic acids is 1. The molecule has 3 unspecified atom stereocenters. The molecule has 0 fully saturated rings. The van der Waals surface area contributed by atoms with Gasteiger partial charge in [0.05, 0.1) is 0 Å². The standard InChI is InChI=1S/C12H20N2O4/c1-4-7(2)5-8(3)13-11(15)10-6-9(12(16)17)14-18-10/h7-8,10H,4-6H2,1-3H3,(H,13,15)(H,16,17). The smallest absolute Gasteiger partial charge is 0.353 e. The Labute approximate surface area is 106 Å². The maximum absolute atomic E-state index is 11.8. The minimum atomic E-state index is -1.14. The number of carboxylic acid groups (broad SMARTS) is 1. The van der Waals surface area contributed by atoms with E-state index in [2.05, 4.69) is 24.3 Å². The molecule has 0 aliphatic carbocycles. The van der Waals surface area contributed by atoms with Gasteiger partial charge in [0.25, 0.3) is 5.91 Å². The third-order valence-electron chi connectivity index (χ3n) is 3.05. The first-order valence-electron chi connectivity index (χ1n) is 6.20. The van der Waals surface area contributed by atoms with Crippen LogP contribution in [0.1, 0.15) is 40.0 Å². The highest BCUT2D eigenvalue weighted by Gasteiger charge is 2.32. The summed E-state index contributed by atoms with van der Waals surface area (Å²) in [5, 5.41) is 14.9. The number of oxime groups is 1. The van der Waals surface area contributed by atoms with Crippen LogP contribution in [0.4, 0.5) is 0 Å². The first-order valence-corrected chi connectivity index (χ1v) is 6.20. The first kappa shape index (κ1) is 14.5. The average molecular weight is 256 g/mol. The summed E-state index contributed by atoms with van der Waals surface area (Å²) in [7, 11) is 0. The van der Waals surface area contributed by atoms with Crippen LogP contribution in [0.3, 0.4) is 0 Å². The molecule has 2 N–H and O–H groups in total. The van der Waals surface area contributed by atoms with Gasteiger partial charge < -0.3 is 15.3 Å². The Morgan fingerprint density at radius 1 is 1.56 bits per heavy atom. The van der Waals surface area contributed by atoms with Gasteiger partial charge in [0.1, 0.15) is 0 Å². The molecule has 0 spiro atoms. The van der Waals surface area contributed by atoms with Crippen molar-refractivity contribution in [2.24, 2.45) is 11.1 Å². The summed E-state index contributed by atoms with van der Waals surface area (Å²) in [6, 6.07) is 0.0462. The summed E-state index contributed by atoms with van der Waals surface area (Å²) in [5.74, 6) is -0.903. The zero-order valence-corrected chi connectivity index (χ0v) is 11.0. The second-order valence-corrected chi connectivity index (χ2v) is 4.80. The van der Waals surface area contributed by atoms with E-state index in [0.717, 1.165) is 12.8 Å². The van der Waals surface area contributed by atoms with Crippen molar-refractivity contribution in [2.75, 3.05) is 0 Å². The predicted octanol–water partition coefficient (Wildman–Crippen LogP) is 1.16. The van der Waals surface area contributed by atoms with Crippen LogP contribution in [-0.2, 0) is 14.4 Å². The van der Waals surface area contributed by atoms with E-state index in [9.17, 15) is 9.59 Å². The fraction of sp³-hybridized carbons (Fsp3) is 0.750. The molecule has 0 aromatic carbocycles. The predicted molar refractivity (Wildman–Crippen MR) is 66.2 cm³/mol. The van der Waals surface area contributed by atoms with E-state index in [1.165, 1.54) is 0 Å². The monoisotopic (exact) mass is 256 g/mol. The topological polar surface area (TPSA) is 88.0 Å². The minimum Gasteiger partial charge on any atom is -0.477 e. The van der Waals surface area contributed by atoms with Gasteiger partial charge in [-0.15, -0.1) is 0 Å². The number of carbonyl (C=O) groups is 2. The maximum atomic E-state index is 11.8. The number of nitrogens with zero attached hydrogens (tertiary/aromatic N) is 1. The van der Waals surface area contributed by atoms with Crippen molar-refractivity contribution in [3.8, 4) is 0 Å². The fourth-order valence-electron chi connectivity index (χ4n) is 1.81. The molecular formula is C12H20N2O4. The summed E-state index contributed by atoms with van der Waals surface area (Å²) < 4.78 is 0. The van der Waals surface area contributed by atoms with E-state index in [1.54, 1.807) is 0 Å². The Morgan fingerprint density at radius 3 is 2.72 bits per heavy atom. The van der Waals surface area contributed by atoms with Gasteiger partial charge in [-0.1, -0.05) is 25.4 Å². The number of aliphatic carboxylic acids is 1. The minimum absolute atomic E-state index is 0.0250. The molecule has 0 bridgehead atoms. The lowest BCUT2D eigenvalue weighted by molar-refractivity contribution is -0.132. The molecule has 6 nitrogen and oxygen atoms in total. The second-order valence-electron chi connectivity index (χ2n) is 4.80. The Hall–Kier alpha value is -1.59. The van der Waals surface area contributed by atoms with Gasteiger partial charge in [0, 0.05) is 12.5 Å². The molecule has 1 aliphatic rings. The highest BCUT2D eigenvalue weighted by Crippen LogP contribution is 2.13. The molecule has 1 amide bonds. The SMILES string of the molecule is CCC(C)CC(C)NC(=O)C1CC(C(=O)O)=NO1. The van der Waals surface area contributed by atoms with Gasteiger partial charge in [-0.3, -0.25) is 4.79 Å². The third kappa shape index (κ3) is 4.01. The van der Waals surface area contributed by atoms with Crippen LogP contribution in [0.15, 0.2) is 5.16 Å². The summed E-state index contributed by atoms with van der Waals surface area (Å²) in [5.41, 5.74) is -0.107. The zero-order valence-electron chi connectivity index (χ0n) is 11.0. The molecule has 0 saturated heterocycles. The molecule has 0 radical (unpaired) electrons. The van der Waals surface area contributed by atoms with E-state index in [4.69, 9.17) is 9.94 Å². The van der Waals surface area contributed by atoms with Crippen molar-refractivity contribution in [3.63, 3.8) is 0 Å². The molecule has 0 aromatic rings. The zero-order chi connectivity index (χ0) is 13.7. The van der Waals surface area contributed by atoms with Gasteiger partial charge in [0.2, 0.25) is 6.10 Å². The summed E-state index contributed by atoms with van der Waals surface area (Å²) in [6.07, 6.45) is 1.17. The molecule has 18 heavy (non-hydrogen) atoms. The number of nitrogens with one attached hydrogen (secondary N) is 1. The lowest BCUT2D eigenvalue weighted by atomic mass is 10.00. The molecule has 6 heteroatoms. The molecule has 102 valence electrons. The van der Waals surface area contributed by atoms with E-state index in [0.29, 0.717) is 5.92 Å². The van der Waals surface area contributed by atoms with Crippen molar-refractivity contribution in [3.05, 3.63) is 0 Å². The van der Waals surface area contributed by atoms with Gasteiger partial charge in [0.15, 0.2) is 5.71 Å². The molecule has 1 rings (SSSR count). The second kappa shape index (κ2) is 6.37. The van der Waals surface area contributed by atoms with Crippen LogP contribution in [0.25, 0.3) is 0 Å². The molecular weight excluding hydrogens is 236 g/mol.